The van der Waals surface area contributed by atoms with Crippen molar-refractivity contribution in [1.82, 2.24) is 10.6 Å². The van der Waals surface area contributed by atoms with Crippen molar-refractivity contribution in [2.24, 2.45) is 0 Å². The van der Waals surface area contributed by atoms with Crippen LogP contribution in [0.1, 0.15) is 45.7 Å². The van der Waals surface area contributed by atoms with Gasteiger partial charge in [0.25, 0.3) is 0 Å². The van der Waals surface area contributed by atoms with Crippen LogP contribution in [0.2, 0.25) is 0 Å². The molecule has 116 valence electrons. The lowest BCUT2D eigenvalue weighted by Crippen LogP contribution is -2.40. The Kier molecular flexibility index (Phi) is 6.21. The first kappa shape index (κ1) is 17.0. The second kappa shape index (κ2) is 7.67. The third kappa shape index (κ3) is 6.79. The van der Waals surface area contributed by atoms with Crippen LogP contribution in [0, 0.1) is 0 Å². The monoisotopic (exact) mass is 292 g/mol. The van der Waals surface area contributed by atoms with Crippen LogP contribution in [0.3, 0.4) is 0 Å². The highest BCUT2D eigenvalue weighted by Gasteiger charge is 2.20. The van der Waals surface area contributed by atoms with Gasteiger partial charge in [0.2, 0.25) is 5.91 Å². The largest absolute Gasteiger partial charge is 0.444 e. The summed E-state index contributed by atoms with van der Waals surface area (Å²) in [6.07, 6.45) is -0.0874. The van der Waals surface area contributed by atoms with Crippen LogP contribution in [-0.2, 0) is 9.53 Å². The fourth-order valence-corrected chi connectivity index (χ4v) is 1.73. The van der Waals surface area contributed by atoms with Gasteiger partial charge in [0.05, 0.1) is 6.04 Å². The van der Waals surface area contributed by atoms with Gasteiger partial charge in [0, 0.05) is 13.0 Å². The quantitative estimate of drug-likeness (QED) is 0.877. The molecule has 0 aromatic heterocycles. The van der Waals surface area contributed by atoms with E-state index in [0.717, 1.165) is 5.56 Å². The van der Waals surface area contributed by atoms with E-state index in [4.69, 9.17) is 4.74 Å². The third-order valence-electron chi connectivity index (χ3n) is 2.72. The molecule has 1 rings (SSSR count). The Labute approximate surface area is 126 Å². The van der Waals surface area contributed by atoms with E-state index in [1.165, 1.54) is 0 Å². The van der Waals surface area contributed by atoms with Crippen LogP contribution in [-0.4, -0.2) is 24.1 Å². The molecular formula is C16H24N2O3. The van der Waals surface area contributed by atoms with Gasteiger partial charge in [-0.05, 0) is 26.3 Å². The van der Waals surface area contributed by atoms with E-state index in [-0.39, 0.29) is 11.9 Å². The van der Waals surface area contributed by atoms with E-state index < -0.39 is 11.7 Å². The van der Waals surface area contributed by atoms with Crippen LogP contribution in [0.5, 0.6) is 0 Å². The zero-order valence-electron chi connectivity index (χ0n) is 13.1. The first-order valence-corrected chi connectivity index (χ1v) is 7.13. The van der Waals surface area contributed by atoms with Crippen molar-refractivity contribution in [1.29, 1.82) is 0 Å². The number of rotatable bonds is 5. The summed E-state index contributed by atoms with van der Waals surface area (Å²) < 4.78 is 5.26. The summed E-state index contributed by atoms with van der Waals surface area (Å²) in [5.41, 5.74) is 0.359. The molecule has 0 aliphatic carbocycles. The Morgan fingerprint density at radius 3 is 2.33 bits per heavy atom. The van der Waals surface area contributed by atoms with Gasteiger partial charge in [0.15, 0.2) is 0 Å². The van der Waals surface area contributed by atoms with Crippen molar-refractivity contribution >= 4 is 12.0 Å². The summed E-state index contributed by atoms with van der Waals surface area (Å²) in [6, 6.07) is 9.16. The summed E-state index contributed by atoms with van der Waals surface area (Å²) >= 11 is 0. The van der Waals surface area contributed by atoms with Crippen LogP contribution >= 0.6 is 0 Å². The number of carbonyl (C=O) groups is 2. The van der Waals surface area contributed by atoms with Crippen LogP contribution in [0.15, 0.2) is 30.3 Å². The van der Waals surface area contributed by atoms with Crippen LogP contribution in [0.4, 0.5) is 4.79 Å². The molecule has 0 saturated heterocycles. The second-order valence-corrected chi connectivity index (χ2v) is 5.77. The van der Waals surface area contributed by atoms with Gasteiger partial charge >= 0.3 is 6.09 Å². The minimum Gasteiger partial charge on any atom is -0.444 e. The predicted octanol–water partition coefficient (Wildman–Crippen LogP) is 2.78. The van der Waals surface area contributed by atoms with Gasteiger partial charge in [-0.1, -0.05) is 37.3 Å². The molecule has 2 N–H and O–H groups in total. The van der Waals surface area contributed by atoms with E-state index in [1.807, 2.05) is 51.1 Å². The number of hydrogen-bond donors (Lipinski definition) is 2. The molecule has 0 unspecified atom stereocenters. The van der Waals surface area contributed by atoms with Gasteiger partial charge in [-0.15, -0.1) is 0 Å². The van der Waals surface area contributed by atoms with Gasteiger partial charge < -0.3 is 15.4 Å². The zero-order chi connectivity index (χ0) is 15.9. The molecule has 1 aromatic carbocycles. The van der Waals surface area contributed by atoms with E-state index in [9.17, 15) is 9.59 Å². The molecule has 5 nitrogen and oxygen atoms in total. The lowest BCUT2D eigenvalue weighted by Gasteiger charge is -2.24. The van der Waals surface area contributed by atoms with E-state index in [1.54, 1.807) is 6.92 Å². The number of amides is 2. The zero-order valence-corrected chi connectivity index (χ0v) is 13.1. The molecule has 0 radical (unpaired) electrons. The van der Waals surface area contributed by atoms with Crippen molar-refractivity contribution in [2.45, 2.75) is 45.8 Å². The Bertz CT molecular complexity index is 466. The standard InChI is InChI=1S/C16H24N2O3/c1-5-14(19)17-11-13(12-9-7-6-8-10-12)18-15(20)21-16(2,3)4/h6-10,13H,5,11H2,1-4H3,(H,17,19)(H,18,20)/t13-/m1/s1. The van der Waals surface area contributed by atoms with Crippen LogP contribution in [0.25, 0.3) is 0 Å². The molecule has 0 aliphatic rings. The molecule has 0 aliphatic heterocycles. The normalized spacial score (nSPS) is 12.4. The molecule has 0 fully saturated rings. The Hall–Kier alpha value is -2.04. The molecule has 0 heterocycles. The number of alkyl carbamates (subject to hydrolysis) is 1. The fraction of sp³-hybridized carbons (Fsp3) is 0.500. The lowest BCUT2D eigenvalue weighted by atomic mass is 10.1. The second-order valence-electron chi connectivity index (χ2n) is 5.77. The molecule has 0 saturated carbocycles. The Morgan fingerprint density at radius 2 is 1.81 bits per heavy atom. The number of benzene rings is 1. The van der Waals surface area contributed by atoms with E-state index >= 15 is 0 Å². The number of hydrogen-bond acceptors (Lipinski definition) is 3. The number of ether oxygens (including phenoxy) is 1. The summed E-state index contributed by atoms with van der Waals surface area (Å²) in [5, 5.41) is 5.58. The molecule has 2 amide bonds. The molecule has 1 atom stereocenters. The number of nitrogens with one attached hydrogen (secondary N) is 2. The Balaban J connectivity index is 2.73. The average molecular weight is 292 g/mol. The maximum absolute atomic E-state index is 11.9. The molecule has 1 aromatic rings. The van der Waals surface area contributed by atoms with Crippen molar-refractivity contribution in [3.8, 4) is 0 Å². The van der Waals surface area contributed by atoms with Gasteiger partial charge in [0.1, 0.15) is 5.60 Å². The molecule has 0 bridgehead atoms. The van der Waals surface area contributed by atoms with Crippen molar-refractivity contribution in [3.63, 3.8) is 0 Å². The van der Waals surface area contributed by atoms with Gasteiger partial charge in [-0.25, -0.2) is 4.79 Å². The highest BCUT2D eigenvalue weighted by Crippen LogP contribution is 2.14. The third-order valence-corrected chi connectivity index (χ3v) is 2.72. The highest BCUT2D eigenvalue weighted by molar-refractivity contribution is 5.75. The predicted molar refractivity (Wildman–Crippen MR) is 81.9 cm³/mol. The highest BCUT2D eigenvalue weighted by atomic mass is 16.6. The molecular weight excluding hydrogens is 268 g/mol. The minimum absolute atomic E-state index is 0.0538. The lowest BCUT2D eigenvalue weighted by molar-refractivity contribution is -0.120. The van der Waals surface area contributed by atoms with Crippen LogP contribution < -0.4 is 10.6 Å². The SMILES string of the molecule is CCC(=O)NC[C@@H](NC(=O)OC(C)(C)C)c1ccccc1. The van der Waals surface area contributed by atoms with E-state index in [0.29, 0.717) is 13.0 Å². The smallest absolute Gasteiger partial charge is 0.408 e. The van der Waals surface area contributed by atoms with Crippen molar-refractivity contribution < 1.29 is 14.3 Å². The van der Waals surface area contributed by atoms with Crippen molar-refractivity contribution in [2.75, 3.05) is 6.54 Å². The summed E-state index contributed by atoms with van der Waals surface area (Å²) in [7, 11) is 0. The molecule has 21 heavy (non-hydrogen) atoms. The van der Waals surface area contributed by atoms with E-state index in [2.05, 4.69) is 10.6 Å². The maximum Gasteiger partial charge on any atom is 0.408 e. The summed E-state index contributed by atoms with van der Waals surface area (Å²) in [6.45, 7) is 7.54. The first-order chi connectivity index (χ1) is 9.81. The molecule has 0 spiro atoms. The topological polar surface area (TPSA) is 67.4 Å². The number of carbonyl (C=O) groups excluding carboxylic acids is 2. The maximum atomic E-state index is 11.9. The Morgan fingerprint density at radius 1 is 1.19 bits per heavy atom. The molecule has 5 heteroatoms. The first-order valence-electron chi connectivity index (χ1n) is 7.13. The summed E-state index contributed by atoms with van der Waals surface area (Å²) in [5.74, 6) is -0.0538. The van der Waals surface area contributed by atoms with Crippen molar-refractivity contribution in [3.05, 3.63) is 35.9 Å². The average Bonchev–Trinajstić information content (AvgIpc) is 2.42. The minimum atomic E-state index is -0.558. The van der Waals surface area contributed by atoms with Gasteiger partial charge in [-0.2, -0.15) is 0 Å². The van der Waals surface area contributed by atoms with Gasteiger partial charge in [-0.3, -0.25) is 4.79 Å². The fourth-order valence-electron chi connectivity index (χ4n) is 1.73. The summed E-state index contributed by atoms with van der Waals surface area (Å²) in [4.78, 5) is 23.3.